The second-order valence-corrected chi connectivity index (χ2v) is 5.30. The van der Waals surface area contributed by atoms with Crippen molar-refractivity contribution in [2.45, 2.75) is 19.0 Å². The lowest BCUT2D eigenvalue weighted by Crippen LogP contribution is -2.62. The van der Waals surface area contributed by atoms with Gasteiger partial charge in [0.2, 0.25) is 0 Å². The molecule has 0 radical (unpaired) electrons. The summed E-state index contributed by atoms with van der Waals surface area (Å²) in [5, 5.41) is 0. The van der Waals surface area contributed by atoms with Gasteiger partial charge in [0.1, 0.15) is 0 Å². The smallest absolute Gasteiger partial charge is 0.405 e. The Kier molecular flexibility index (Phi) is 2.00. The highest BCUT2D eigenvalue weighted by molar-refractivity contribution is 5.80. The average Bonchev–Trinajstić information content (AvgIpc) is 2.72. The molecule has 0 spiro atoms. The number of ether oxygens (including phenoxy) is 1. The van der Waals surface area contributed by atoms with Gasteiger partial charge in [-0.2, -0.15) is 13.2 Å². The van der Waals surface area contributed by atoms with Gasteiger partial charge in [0.15, 0.2) is 5.41 Å². The van der Waals surface area contributed by atoms with Crippen LogP contribution in [-0.4, -0.2) is 19.3 Å². The maximum absolute atomic E-state index is 13.2. The summed E-state index contributed by atoms with van der Waals surface area (Å²) < 4.78 is 44.1. The van der Waals surface area contributed by atoms with Crippen molar-refractivity contribution in [1.29, 1.82) is 0 Å². The Labute approximate surface area is 96.8 Å². The van der Waals surface area contributed by atoms with Crippen molar-refractivity contribution in [3.63, 3.8) is 0 Å². The van der Waals surface area contributed by atoms with Crippen molar-refractivity contribution in [2.75, 3.05) is 7.11 Å². The van der Waals surface area contributed by atoms with Gasteiger partial charge in [0.05, 0.1) is 7.11 Å². The molecule has 2 saturated carbocycles. The van der Waals surface area contributed by atoms with Gasteiger partial charge in [0.25, 0.3) is 0 Å². The number of alkyl halides is 3. The van der Waals surface area contributed by atoms with Crippen LogP contribution in [0.5, 0.6) is 0 Å². The number of esters is 1. The van der Waals surface area contributed by atoms with E-state index in [9.17, 15) is 18.0 Å². The van der Waals surface area contributed by atoms with E-state index in [-0.39, 0.29) is 24.2 Å². The first-order chi connectivity index (χ1) is 7.91. The standard InChI is InChI=1S/C12H13F3O2/c1-17-10(16)11(12(13,14)15)5-8-6-2-3-7(4-6)9(8)11/h2-3,6-9H,4-5H2,1H3. The third kappa shape index (κ3) is 1.10. The third-order valence-corrected chi connectivity index (χ3v) is 4.80. The summed E-state index contributed by atoms with van der Waals surface area (Å²) in [5.74, 6) is -1.53. The first kappa shape index (κ1) is 11.1. The Hall–Kier alpha value is -1.00. The van der Waals surface area contributed by atoms with E-state index in [2.05, 4.69) is 4.74 Å². The maximum Gasteiger partial charge on any atom is 0.405 e. The number of carbonyl (C=O) groups is 1. The highest BCUT2D eigenvalue weighted by Gasteiger charge is 2.77. The predicted octanol–water partition coefficient (Wildman–Crippen LogP) is 2.55. The molecule has 0 aromatic heterocycles. The second-order valence-electron chi connectivity index (χ2n) is 5.30. The lowest BCUT2D eigenvalue weighted by atomic mass is 9.50. The third-order valence-electron chi connectivity index (χ3n) is 4.80. The predicted molar refractivity (Wildman–Crippen MR) is 52.8 cm³/mol. The van der Waals surface area contributed by atoms with E-state index in [4.69, 9.17) is 0 Å². The molecule has 0 saturated heterocycles. The fraction of sp³-hybridized carbons (Fsp3) is 0.750. The molecular formula is C12H13F3O2. The molecule has 5 unspecified atom stereocenters. The molecule has 17 heavy (non-hydrogen) atoms. The zero-order valence-electron chi connectivity index (χ0n) is 9.33. The monoisotopic (exact) mass is 246 g/mol. The zero-order valence-corrected chi connectivity index (χ0v) is 9.33. The quantitative estimate of drug-likeness (QED) is 0.525. The fourth-order valence-electron chi connectivity index (χ4n) is 4.10. The average molecular weight is 246 g/mol. The van der Waals surface area contributed by atoms with Crippen LogP contribution in [0.3, 0.4) is 0 Å². The number of fused-ring (bicyclic) bond motifs is 5. The minimum Gasteiger partial charge on any atom is -0.468 e. The lowest BCUT2D eigenvalue weighted by Gasteiger charge is -2.54. The Bertz CT molecular complexity index is 401. The van der Waals surface area contributed by atoms with E-state index in [0.717, 1.165) is 13.5 Å². The van der Waals surface area contributed by atoms with Gasteiger partial charge < -0.3 is 4.74 Å². The Morgan fingerprint density at radius 3 is 2.53 bits per heavy atom. The number of hydrogen-bond donors (Lipinski definition) is 0. The molecule has 5 heteroatoms. The van der Waals surface area contributed by atoms with Crippen LogP contribution in [-0.2, 0) is 9.53 Å². The summed E-state index contributed by atoms with van der Waals surface area (Å²) in [4.78, 5) is 11.6. The molecular weight excluding hydrogens is 233 g/mol. The van der Waals surface area contributed by atoms with Crippen LogP contribution in [0.2, 0.25) is 0 Å². The topological polar surface area (TPSA) is 26.3 Å². The van der Waals surface area contributed by atoms with E-state index in [1.165, 1.54) is 0 Å². The number of hydrogen-bond acceptors (Lipinski definition) is 2. The number of halogens is 3. The first-order valence-corrected chi connectivity index (χ1v) is 5.75. The molecule has 2 fully saturated rings. The van der Waals surface area contributed by atoms with Crippen LogP contribution in [0.15, 0.2) is 12.2 Å². The summed E-state index contributed by atoms with van der Waals surface area (Å²) >= 11 is 0. The zero-order chi connectivity index (χ0) is 12.4. The minimum absolute atomic E-state index is 0.0192. The Balaban J connectivity index is 2.00. The van der Waals surface area contributed by atoms with Crippen molar-refractivity contribution in [2.24, 2.45) is 29.1 Å². The Morgan fingerprint density at radius 2 is 2.00 bits per heavy atom. The van der Waals surface area contributed by atoms with E-state index >= 15 is 0 Å². The normalized spacial score (nSPS) is 46.6. The molecule has 0 heterocycles. The van der Waals surface area contributed by atoms with Gasteiger partial charge in [-0.1, -0.05) is 12.2 Å². The molecule has 2 bridgehead atoms. The number of carbonyl (C=O) groups excluding carboxylic acids is 1. The van der Waals surface area contributed by atoms with Gasteiger partial charge in [-0.25, -0.2) is 0 Å². The van der Waals surface area contributed by atoms with Crippen molar-refractivity contribution in [3.05, 3.63) is 12.2 Å². The highest BCUT2D eigenvalue weighted by Crippen LogP contribution is 2.71. The van der Waals surface area contributed by atoms with Crippen LogP contribution in [0, 0.1) is 29.1 Å². The van der Waals surface area contributed by atoms with E-state index < -0.39 is 23.5 Å². The van der Waals surface area contributed by atoms with Crippen LogP contribution in [0.4, 0.5) is 13.2 Å². The van der Waals surface area contributed by atoms with Crippen molar-refractivity contribution < 1.29 is 22.7 Å². The van der Waals surface area contributed by atoms with Crippen LogP contribution in [0.25, 0.3) is 0 Å². The minimum atomic E-state index is -4.50. The maximum atomic E-state index is 13.2. The van der Waals surface area contributed by atoms with Crippen molar-refractivity contribution in [3.8, 4) is 0 Å². The highest BCUT2D eigenvalue weighted by atomic mass is 19.4. The van der Waals surface area contributed by atoms with Gasteiger partial charge in [-0.05, 0) is 36.5 Å². The molecule has 0 aromatic rings. The summed E-state index contributed by atoms with van der Waals surface area (Å²) in [6.07, 6.45) is 0.0148. The van der Waals surface area contributed by atoms with E-state index in [0.29, 0.717) is 0 Å². The molecule has 94 valence electrons. The van der Waals surface area contributed by atoms with Crippen LogP contribution >= 0.6 is 0 Å². The molecule has 3 aliphatic carbocycles. The van der Waals surface area contributed by atoms with Gasteiger partial charge >= 0.3 is 12.1 Å². The fourth-order valence-corrected chi connectivity index (χ4v) is 4.10. The summed E-state index contributed by atoms with van der Waals surface area (Å²) in [6, 6.07) is 0. The van der Waals surface area contributed by atoms with E-state index in [1.54, 1.807) is 0 Å². The molecule has 0 N–H and O–H groups in total. The largest absolute Gasteiger partial charge is 0.468 e. The van der Waals surface area contributed by atoms with Gasteiger partial charge in [0, 0.05) is 0 Å². The second kappa shape index (κ2) is 3.06. The lowest BCUT2D eigenvalue weighted by molar-refractivity contribution is -0.289. The number of allylic oxidation sites excluding steroid dienone is 2. The number of methoxy groups -OCH3 is 1. The molecule has 3 rings (SSSR count). The molecule has 0 amide bonds. The van der Waals surface area contributed by atoms with Crippen molar-refractivity contribution >= 4 is 5.97 Å². The van der Waals surface area contributed by atoms with Gasteiger partial charge in [-0.15, -0.1) is 0 Å². The van der Waals surface area contributed by atoms with Gasteiger partial charge in [-0.3, -0.25) is 4.79 Å². The Morgan fingerprint density at radius 1 is 1.35 bits per heavy atom. The molecule has 0 aliphatic heterocycles. The molecule has 5 atom stereocenters. The van der Waals surface area contributed by atoms with E-state index in [1.807, 2.05) is 12.2 Å². The summed E-state index contributed by atoms with van der Waals surface area (Å²) in [5.41, 5.74) is -2.24. The van der Waals surface area contributed by atoms with Crippen molar-refractivity contribution in [1.82, 2.24) is 0 Å². The summed E-state index contributed by atoms with van der Waals surface area (Å²) in [7, 11) is 1.03. The van der Waals surface area contributed by atoms with Crippen LogP contribution < -0.4 is 0 Å². The SMILES string of the molecule is COC(=O)C1(C(F)(F)F)CC2C3C=CC(C3)C21. The molecule has 2 nitrogen and oxygen atoms in total. The number of rotatable bonds is 1. The van der Waals surface area contributed by atoms with Crippen LogP contribution in [0.1, 0.15) is 12.8 Å². The molecule has 0 aromatic carbocycles. The molecule has 3 aliphatic rings. The summed E-state index contributed by atoms with van der Waals surface area (Å²) in [6.45, 7) is 0. The first-order valence-electron chi connectivity index (χ1n) is 5.75.